The summed E-state index contributed by atoms with van der Waals surface area (Å²) in [5.41, 5.74) is 1.28. The molecule has 1 amide bonds. The lowest BCUT2D eigenvalue weighted by Crippen LogP contribution is -2.52. The van der Waals surface area contributed by atoms with Crippen LogP contribution in [0.5, 0.6) is 0 Å². The second kappa shape index (κ2) is 6.34. The number of ether oxygens (including phenoxy) is 1. The molecule has 0 radical (unpaired) electrons. The quantitative estimate of drug-likeness (QED) is 0.775. The Kier molecular flexibility index (Phi) is 4.78. The molecular formula is C14H23NO3. The number of amides is 1. The van der Waals surface area contributed by atoms with E-state index in [0.717, 1.165) is 12.8 Å². The Hall–Kier alpha value is -0.870. The van der Waals surface area contributed by atoms with Gasteiger partial charge in [-0.05, 0) is 32.6 Å². The summed E-state index contributed by atoms with van der Waals surface area (Å²) in [6, 6.07) is 0.115. The van der Waals surface area contributed by atoms with Crippen molar-refractivity contribution in [2.45, 2.75) is 51.2 Å². The van der Waals surface area contributed by atoms with E-state index in [9.17, 15) is 4.79 Å². The van der Waals surface area contributed by atoms with Crippen LogP contribution in [0.3, 0.4) is 0 Å². The van der Waals surface area contributed by atoms with E-state index in [2.05, 4.69) is 6.08 Å². The Morgan fingerprint density at radius 2 is 2.39 bits per heavy atom. The first-order valence-electron chi connectivity index (χ1n) is 6.90. The highest BCUT2D eigenvalue weighted by Gasteiger charge is 2.29. The molecule has 0 spiro atoms. The van der Waals surface area contributed by atoms with Gasteiger partial charge in [-0.15, -0.1) is 0 Å². The van der Waals surface area contributed by atoms with E-state index in [0.29, 0.717) is 19.6 Å². The number of hydrogen-bond donors (Lipinski definition) is 1. The third-order valence-electron chi connectivity index (χ3n) is 3.79. The molecule has 4 heteroatoms. The van der Waals surface area contributed by atoms with Crippen molar-refractivity contribution < 1.29 is 14.6 Å². The molecule has 2 rings (SSSR count). The molecule has 1 aliphatic heterocycles. The second-order valence-corrected chi connectivity index (χ2v) is 5.32. The van der Waals surface area contributed by atoms with Crippen LogP contribution in [-0.2, 0) is 9.53 Å². The standard InChI is InChI=1S/C14H23NO3/c1-11-10-18-13(9-16)8-15(11)14(17)7-12-5-3-2-4-6-12/h5,11,13,16H,2-4,6-10H2,1H3. The maximum absolute atomic E-state index is 12.3. The summed E-state index contributed by atoms with van der Waals surface area (Å²) in [7, 11) is 0. The molecule has 102 valence electrons. The van der Waals surface area contributed by atoms with Crippen LogP contribution in [0.1, 0.15) is 39.0 Å². The average Bonchev–Trinajstić information content (AvgIpc) is 2.40. The molecule has 1 N–H and O–H groups in total. The number of carbonyl (C=O) groups excluding carboxylic acids is 1. The topological polar surface area (TPSA) is 49.8 Å². The first-order valence-corrected chi connectivity index (χ1v) is 6.90. The Balaban J connectivity index is 1.92. The molecular weight excluding hydrogens is 230 g/mol. The third-order valence-corrected chi connectivity index (χ3v) is 3.79. The first kappa shape index (κ1) is 13.6. The largest absolute Gasteiger partial charge is 0.394 e. The Morgan fingerprint density at radius 3 is 3.06 bits per heavy atom. The van der Waals surface area contributed by atoms with Crippen molar-refractivity contribution in [1.29, 1.82) is 0 Å². The molecule has 0 aromatic carbocycles. The Bertz CT molecular complexity index is 327. The molecule has 1 saturated heterocycles. The van der Waals surface area contributed by atoms with Crippen LogP contribution in [0.2, 0.25) is 0 Å². The van der Waals surface area contributed by atoms with E-state index in [4.69, 9.17) is 9.84 Å². The molecule has 0 aromatic heterocycles. The van der Waals surface area contributed by atoms with E-state index in [1.165, 1.54) is 18.4 Å². The number of aliphatic hydroxyl groups excluding tert-OH is 1. The zero-order chi connectivity index (χ0) is 13.0. The molecule has 1 fully saturated rings. The second-order valence-electron chi connectivity index (χ2n) is 5.32. The van der Waals surface area contributed by atoms with Crippen LogP contribution >= 0.6 is 0 Å². The zero-order valence-electron chi connectivity index (χ0n) is 11.1. The lowest BCUT2D eigenvalue weighted by Gasteiger charge is -2.37. The van der Waals surface area contributed by atoms with Crippen molar-refractivity contribution >= 4 is 5.91 Å². The fourth-order valence-electron chi connectivity index (χ4n) is 2.64. The van der Waals surface area contributed by atoms with Gasteiger partial charge in [-0.25, -0.2) is 0 Å². The van der Waals surface area contributed by atoms with E-state index in [1.807, 2.05) is 11.8 Å². The molecule has 0 bridgehead atoms. The maximum atomic E-state index is 12.3. The van der Waals surface area contributed by atoms with Gasteiger partial charge < -0.3 is 14.7 Å². The van der Waals surface area contributed by atoms with Crippen LogP contribution in [0.15, 0.2) is 11.6 Å². The van der Waals surface area contributed by atoms with Gasteiger partial charge in [0.15, 0.2) is 0 Å². The molecule has 0 aromatic rings. The molecule has 2 unspecified atom stereocenters. The fourth-order valence-corrected chi connectivity index (χ4v) is 2.64. The van der Waals surface area contributed by atoms with Crippen LogP contribution in [-0.4, -0.2) is 47.8 Å². The van der Waals surface area contributed by atoms with E-state index in [-0.39, 0.29) is 24.7 Å². The summed E-state index contributed by atoms with van der Waals surface area (Å²) >= 11 is 0. The van der Waals surface area contributed by atoms with Crippen molar-refractivity contribution in [3.8, 4) is 0 Å². The number of carbonyl (C=O) groups is 1. The molecule has 4 nitrogen and oxygen atoms in total. The van der Waals surface area contributed by atoms with Gasteiger partial charge in [-0.3, -0.25) is 4.79 Å². The first-order chi connectivity index (χ1) is 8.70. The summed E-state index contributed by atoms with van der Waals surface area (Å²) in [6.07, 6.45) is 7.17. The number of aliphatic hydroxyl groups is 1. The molecule has 1 heterocycles. The van der Waals surface area contributed by atoms with Gasteiger partial charge in [-0.1, -0.05) is 11.6 Å². The number of hydrogen-bond acceptors (Lipinski definition) is 3. The number of rotatable bonds is 3. The molecule has 18 heavy (non-hydrogen) atoms. The molecule has 1 aliphatic carbocycles. The predicted octanol–water partition coefficient (Wildman–Crippen LogP) is 1.49. The number of nitrogens with zero attached hydrogens (tertiary/aromatic N) is 1. The van der Waals surface area contributed by atoms with Crippen LogP contribution in [0, 0.1) is 0 Å². The number of allylic oxidation sites excluding steroid dienone is 1. The minimum Gasteiger partial charge on any atom is -0.394 e. The predicted molar refractivity (Wildman–Crippen MR) is 69.2 cm³/mol. The van der Waals surface area contributed by atoms with E-state index in [1.54, 1.807) is 0 Å². The van der Waals surface area contributed by atoms with Gasteiger partial charge >= 0.3 is 0 Å². The Morgan fingerprint density at radius 1 is 1.56 bits per heavy atom. The average molecular weight is 253 g/mol. The van der Waals surface area contributed by atoms with Gasteiger partial charge in [0.2, 0.25) is 5.91 Å². The lowest BCUT2D eigenvalue weighted by atomic mass is 9.96. The third kappa shape index (κ3) is 3.33. The van der Waals surface area contributed by atoms with Crippen molar-refractivity contribution in [3.05, 3.63) is 11.6 Å². The SMILES string of the molecule is CC1COC(CO)CN1C(=O)CC1=CCCCC1. The van der Waals surface area contributed by atoms with Crippen LogP contribution < -0.4 is 0 Å². The summed E-state index contributed by atoms with van der Waals surface area (Å²) in [5.74, 6) is 0.178. The van der Waals surface area contributed by atoms with Gasteiger partial charge in [0, 0.05) is 13.0 Å². The highest BCUT2D eigenvalue weighted by molar-refractivity contribution is 5.79. The summed E-state index contributed by atoms with van der Waals surface area (Å²) in [6.45, 7) is 3.03. The van der Waals surface area contributed by atoms with Crippen molar-refractivity contribution in [3.63, 3.8) is 0 Å². The van der Waals surface area contributed by atoms with Crippen molar-refractivity contribution in [2.24, 2.45) is 0 Å². The fraction of sp³-hybridized carbons (Fsp3) is 0.786. The highest BCUT2D eigenvalue weighted by Crippen LogP contribution is 2.22. The van der Waals surface area contributed by atoms with Crippen LogP contribution in [0.25, 0.3) is 0 Å². The summed E-state index contributed by atoms with van der Waals surface area (Å²) < 4.78 is 5.45. The van der Waals surface area contributed by atoms with Gasteiger partial charge in [0.1, 0.15) is 0 Å². The Labute approximate surface area is 109 Å². The van der Waals surface area contributed by atoms with Gasteiger partial charge in [0.05, 0.1) is 25.4 Å². The minimum atomic E-state index is -0.217. The molecule has 2 atom stereocenters. The van der Waals surface area contributed by atoms with E-state index < -0.39 is 0 Å². The maximum Gasteiger partial charge on any atom is 0.227 e. The van der Waals surface area contributed by atoms with Crippen LogP contribution in [0.4, 0.5) is 0 Å². The van der Waals surface area contributed by atoms with Crippen molar-refractivity contribution in [2.75, 3.05) is 19.8 Å². The summed E-state index contributed by atoms with van der Waals surface area (Å²) in [4.78, 5) is 14.1. The zero-order valence-corrected chi connectivity index (χ0v) is 11.1. The van der Waals surface area contributed by atoms with Gasteiger partial charge in [0.25, 0.3) is 0 Å². The monoisotopic (exact) mass is 253 g/mol. The minimum absolute atomic E-state index is 0.0147. The van der Waals surface area contributed by atoms with Crippen molar-refractivity contribution in [1.82, 2.24) is 4.90 Å². The normalized spacial score (nSPS) is 29.0. The van der Waals surface area contributed by atoms with E-state index >= 15 is 0 Å². The molecule has 2 aliphatic rings. The highest BCUT2D eigenvalue weighted by atomic mass is 16.5. The van der Waals surface area contributed by atoms with Gasteiger partial charge in [-0.2, -0.15) is 0 Å². The molecule has 0 saturated carbocycles. The smallest absolute Gasteiger partial charge is 0.227 e. The number of morpholine rings is 1. The summed E-state index contributed by atoms with van der Waals surface area (Å²) in [5, 5.41) is 9.12. The lowest BCUT2D eigenvalue weighted by molar-refractivity contribution is -0.145.